The number of amides is 1. The molecule has 1 amide bonds. The smallest absolute Gasteiger partial charge is 0.282 e. The van der Waals surface area contributed by atoms with Crippen LogP contribution in [0, 0.1) is 5.82 Å². The van der Waals surface area contributed by atoms with E-state index in [-0.39, 0.29) is 19.6 Å². The summed E-state index contributed by atoms with van der Waals surface area (Å²) < 4.78 is 46.7. The molecule has 1 aliphatic rings. The number of methoxy groups -OCH3 is 1. The summed E-state index contributed by atoms with van der Waals surface area (Å²) in [6.07, 6.45) is 0.580. The van der Waals surface area contributed by atoms with Crippen molar-refractivity contribution in [1.29, 1.82) is 0 Å². The van der Waals surface area contributed by atoms with Crippen LogP contribution in [0.2, 0.25) is 0 Å². The lowest BCUT2D eigenvalue weighted by Gasteiger charge is -2.34. The largest absolute Gasteiger partial charge is 0.495 e. The molecule has 0 atom stereocenters. The van der Waals surface area contributed by atoms with Gasteiger partial charge in [-0.15, -0.1) is 0 Å². The maximum atomic E-state index is 13.4. The van der Waals surface area contributed by atoms with E-state index in [0.29, 0.717) is 30.0 Å². The Bertz CT molecular complexity index is 952. The van der Waals surface area contributed by atoms with E-state index in [1.807, 2.05) is 0 Å². The van der Waals surface area contributed by atoms with Crippen LogP contribution in [0.3, 0.4) is 0 Å². The van der Waals surface area contributed by atoms with Crippen molar-refractivity contribution >= 4 is 21.8 Å². The van der Waals surface area contributed by atoms with Gasteiger partial charge in [-0.05, 0) is 36.2 Å². The minimum atomic E-state index is -3.83. The number of halogens is 1. The van der Waals surface area contributed by atoms with Gasteiger partial charge >= 0.3 is 0 Å². The van der Waals surface area contributed by atoms with Crippen LogP contribution in [0.4, 0.5) is 10.1 Å². The Morgan fingerprint density at radius 1 is 1.14 bits per heavy atom. The molecule has 9 heteroatoms. The average Bonchev–Trinajstić information content (AvgIpc) is 2.66. The normalized spacial score (nSPS) is 17.2. The molecule has 0 aliphatic carbocycles. The molecule has 1 heterocycles. The highest BCUT2D eigenvalue weighted by Crippen LogP contribution is 2.24. The number of para-hydroxylation sites is 2. The first kappa shape index (κ1) is 20.2. The summed E-state index contributed by atoms with van der Waals surface area (Å²) >= 11 is 0. The van der Waals surface area contributed by atoms with Crippen LogP contribution in [-0.2, 0) is 21.5 Å². The Labute approximate surface area is 163 Å². The van der Waals surface area contributed by atoms with E-state index in [0.717, 1.165) is 4.31 Å². The third kappa shape index (κ3) is 4.67. The summed E-state index contributed by atoms with van der Waals surface area (Å²) in [5.41, 5.74) is 1.03. The van der Waals surface area contributed by atoms with Crippen LogP contribution in [0.1, 0.15) is 12.0 Å². The number of nitrogens with zero attached hydrogens (tertiary/aromatic N) is 2. The van der Waals surface area contributed by atoms with E-state index in [1.54, 1.807) is 36.4 Å². The molecule has 1 saturated heterocycles. The van der Waals surface area contributed by atoms with Crippen LogP contribution >= 0.6 is 0 Å². The predicted molar refractivity (Wildman–Crippen MR) is 104 cm³/mol. The second kappa shape index (κ2) is 8.68. The highest BCUT2D eigenvalue weighted by atomic mass is 32.2. The van der Waals surface area contributed by atoms with Crippen molar-refractivity contribution in [3.63, 3.8) is 0 Å². The SMILES string of the molecule is COc1ccccc1NC(=O)CN1CCCN(Cc2cccc(F)c2)S1(=O)=O. The zero-order valence-corrected chi connectivity index (χ0v) is 16.3. The number of nitrogens with one attached hydrogen (secondary N) is 1. The highest BCUT2D eigenvalue weighted by Gasteiger charge is 2.34. The number of anilines is 1. The number of carbonyl (C=O) groups excluding carboxylic acids is 1. The van der Waals surface area contributed by atoms with Gasteiger partial charge in [0.1, 0.15) is 11.6 Å². The number of hydrogen-bond donors (Lipinski definition) is 1. The molecule has 2 aromatic rings. The monoisotopic (exact) mass is 407 g/mol. The van der Waals surface area contributed by atoms with Crippen LogP contribution < -0.4 is 10.1 Å². The molecule has 28 heavy (non-hydrogen) atoms. The molecule has 0 unspecified atom stereocenters. The van der Waals surface area contributed by atoms with Crippen LogP contribution in [-0.4, -0.2) is 49.7 Å². The molecular weight excluding hydrogens is 385 g/mol. The Morgan fingerprint density at radius 3 is 2.64 bits per heavy atom. The fourth-order valence-corrected chi connectivity index (χ4v) is 4.71. The van der Waals surface area contributed by atoms with Gasteiger partial charge < -0.3 is 10.1 Å². The number of benzene rings is 2. The molecule has 0 bridgehead atoms. The van der Waals surface area contributed by atoms with Gasteiger partial charge in [-0.1, -0.05) is 24.3 Å². The number of ether oxygens (including phenoxy) is 1. The zero-order valence-electron chi connectivity index (χ0n) is 15.5. The van der Waals surface area contributed by atoms with E-state index in [2.05, 4.69) is 5.32 Å². The highest BCUT2D eigenvalue weighted by molar-refractivity contribution is 7.86. The lowest BCUT2D eigenvalue weighted by Crippen LogP contribution is -2.51. The van der Waals surface area contributed by atoms with Crippen molar-refractivity contribution in [3.05, 3.63) is 59.9 Å². The number of carbonyl (C=O) groups is 1. The quantitative estimate of drug-likeness (QED) is 0.797. The van der Waals surface area contributed by atoms with Crippen molar-refractivity contribution in [3.8, 4) is 5.75 Å². The van der Waals surface area contributed by atoms with Gasteiger partial charge in [-0.25, -0.2) is 4.39 Å². The van der Waals surface area contributed by atoms with Crippen molar-refractivity contribution in [2.45, 2.75) is 13.0 Å². The first-order chi connectivity index (χ1) is 13.4. The number of rotatable bonds is 6. The average molecular weight is 407 g/mol. The fraction of sp³-hybridized carbons (Fsp3) is 0.316. The summed E-state index contributed by atoms with van der Waals surface area (Å²) in [7, 11) is -2.34. The molecule has 0 saturated carbocycles. The van der Waals surface area contributed by atoms with Gasteiger partial charge in [-0.3, -0.25) is 4.79 Å². The molecule has 2 aromatic carbocycles. The topological polar surface area (TPSA) is 79.0 Å². The van der Waals surface area contributed by atoms with Gasteiger partial charge in [0.25, 0.3) is 10.2 Å². The van der Waals surface area contributed by atoms with Crippen LogP contribution in [0.25, 0.3) is 0 Å². The van der Waals surface area contributed by atoms with E-state index >= 15 is 0 Å². The minimum absolute atomic E-state index is 0.0602. The Balaban J connectivity index is 1.69. The van der Waals surface area contributed by atoms with Crippen LogP contribution in [0.15, 0.2) is 48.5 Å². The van der Waals surface area contributed by atoms with E-state index < -0.39 is 21.9 Å². The molecule has 0 aromatic heterocycles. The van der Waals surface area contributed by atoms with Crippen LogP contribution in [0.5, 0.6) is 5.75 Å². The molecule has 3 rings (SSSR count). The standard InChI is InChI=1S/C19H22FN3O4S/c1-27-18-9-3-2-8-17(18)21-19(24)14-23-11-5-10-22(28(23,25)26)13-15-6-4-7-16(20)12-15/h2-4,6-9,12H,5,10-11,13-14H2,1H3,(H,21,24). The van der Waals surface area contributed by atoms with E-state index in [1.165, 1.54) is 23.5 Å². The molecule has 0 radical (unpaired) electrons. The second-order valence-corrected chi connectivity index (χ2v) is 8.34. The maximum Gasteiger partial charge on any atom is 0.282 e. The first-order valence-corrected chi connectivity index (χ1v) is 10.2. The summed E-state index contributed by atoms with van der Waals surface area (Å²) in [5, 5.41) is 2.68. The summed E-state index contributed by atoms with van der Waals surface area (Å²) in [6, 6.07) is 12.7. The zero-order chi connectivity index (χ0) is 20.1. The third-order valence-corrected chi connectivity index (χ3v) is 6.35. The number of hydrogen-bond acceptors (Lipinski definition) is 4. The minimum Gasteiger partial charge on any atom is -0.495 e. The van der Waals surface area contributed by atoms with Gasteiger partial charge in [0.05, 0.1) is 19.3 Å². The van der Waals surface area contributed by atoms with Gasteiger partial charge in [0.2, 0.25) is 5.91 Å². The maximum absolute atomic E-state index is 13.4. The lowest BCUT2D eigenvalue weighted by atomic mass is 10.2. The molecule has 7 nitrogen and oxygen atoms in total. The lowest BCUT2D eigenvalue weighted by molar-refractivity contribution is -0.116. The summed E-state index contributed by atoms with van der Waals surface area (Å²) in [5.74, 6) is -0.384. The summed E-state index contributed by atoms with van der Waals surface area (Å²) in [6.45, 7) is 0.329. The van der Waals surface area contributed by atoms with E-state index in [9.17, 15) is 17.6 Å². The molecular formula is C19H22FN3O4S. The molecule has 1 N–H and O–H groups in total. The first-order valence-electron chi connectivity index (χ1n) is 8.82. The molecule has 150 valence electrons. The third-order valence-electron chi connectivity index (χ3n) is 4.42. The predicted octanol–water partition coefficient (Wildman–Crippen LogP) is 2.23. The Hall–Kier alpha value is -2.49. The van der Waals surface area contributed by atoms with Gasteiger partial charge in [0, 0.05) is 19.6 Å². The summed E-state index contributed by atoms with van der Waals surface area (Å²) in [4.78, 5) is 12.4. The van der Waals surface area contributed by atoms with Gasteiger partial charge in [0.15, 0.2) is 0 Å². The second-order valence-electron chi connectivity index (χ2n) is 6.41. The molecule has 1 aliphatic heterocycles. The van der Waals surface area contributed by atoms with Crippen molar-refractivity contribution < 1.29 is 22.3 Å². The Morgan fingerprint density at radius 2 is 1.89 bits per heavy atom. The molecule has 0 spiro atoms. The van der Waals surface area contributed by atoms with Crippen molar-refractivity contribution in [2.75, 3.05) is 32.1 Å². The van der Waals surface area contributed by atoms with E-state index in [4.69, 9.17) is 4.74 Å². The fourth-order valence-electron chi connectivity index (χ4n) is 3.08. The van der Waals surface area contributed by atoms with Crippen molar-refractivity contribution in [1.82, 2.24) is 8.61 Å². The van der Waals surface area contributed by atoms with Crippen molar-refractivity contribution in [2.24, 2.45) is 0 Å². The van der Waals surface area contributed by atoms with Gasteiger partial charge in [-0.2, -0.15) is 17.0 Å². The molecule has 1 fully saturated rings. The Kier molecular flexibility index (Phi) is 6.28.